The molecule has 0 spiro atoms. The summed E-state index contributed by atoms with van der Waals surface area (Å²) in [5.74, 6) is 1.35. The van der Waals surface area contributed by atoms with Crippen molar-refractivity contribution in [2.75, 3.05) is 46.6 Å². The van der Waals surface area contributed by atoms with Gasteiger partial charge in [-0.15, -0.1) is 0 Å². The van der Waals surface area contributed by atoms with E-state index >= 15 is 0 Å². The van der Waals surface area contributed by atoms with Crippen LogP contribution in [0.4, 0.5) is 4.79 Å². The van der Waals surface area contributed by atoms with Gasteiger partial charge in [0.05, 0.1) is 39.6 Å². The molecular formula is C38H51N3O7. The molecule has 2 amide bonds. The fraction of sp³-hybridized carbons (Fsp3) is 0.474. The van der Waals surface area contributed by atoms with Gasteiger partial charge in [0.25, 0.3) is 0 Å². The molecule has 1 fully saturated rings. The number of nitrogens with zero attached hydrogens (tertiary/aromatic N) is 1. The Morgan fingerprint density at radius 1 is 0.938 bits per heavy atom. The number of hydrogen-bond acceptors (Lipinski definition) is 8. The average molecular weight is 662 g/mol. The molecule has 3 N–H and O–H groups in total. The van der Waals surface area contributed by atoms with Crippen LogP contribution in [0.2, 0.25) is 0 Å². The van der Waals surface area contributed by atoms with Gasteiger partial charge in [0.1, 0.15) is 23.7 Å². The third-order valence-electron chi connectivity index (χ3n) is 8.11. The Hall–Kier alpha value is -4.12. The topological polar surface area (TPSA) is 122 Å². The number of carbonyl (C=O) groups excluding carboxylic acids is 2. The first-order valence-corrected chi connectivity index (χ1v) is 16.7. The molecule has 0 aromatic heterocycles. The summed E-state index contributed by atoms with van der Waals surface area (Å²) < 4.78 is 29.0. The number of rotatable bonds is 16. The number of para-hydroxylation sites is 1. The predicted octanol–water partition coefficient (Wildman–Crippen LogP) is 5.61. The standard InChI is InChI=1S/C38H51N3O7/c1-38(2,3)48-37(43)41-21-19-33(35(25-41)47-27-36(42)40-24-30-11-6-5-10-28(30)18-20-39)29-14-16-32(17-15-29)46-23-9-22-45-26-31-12-7-8-13-34(31)44-4/h5-8,10-17,33,35H,9,18-27,39H2,1-4H3,(H,40,42). The number of nitrogens with one attached hydrogen (secondary N) is 1. The minimum atomic E-state index is -0.609. The maximum atomic E-state index is 12.9. The van der Waals surface area contributed by atoms with Crippen molar-refractivity contribution >= 4 is 12.0 Å². The van der Waals surface area contributed by atoms with Crippen LogP contribution in [0.25, 0.3) is 0 Å². The largest absolute Gasteiger partial charge is 0.496 e. The normalized spacial score (nSPS) is 16.3. The fourth-order valence-electron chi connectivity index (χ4n) is 5.68. The fourth-order valence-corrected chi connectivity index (χ4v) is 5.68. The van der Waals surface area contributed by atoms with Crippen molar-refractivity contribution in [3.05, 3.63) is 95.1 Å². The summed E-state index contributed by atoms with van der Waals surface area (Å²) in [6.45, 7) is 8.78. The zero-order valence-corrected chi connectivity index (χ0v) is 28.7. The van der Waals surface area contributed by atoms with Gasteiger partial charge in [-0.1, -0.05) is 54.6 Å². The summed E-state index contributed by atoms with van der Waals surface area (Å²) in [7, 11) is 1.66. The molecule has 0 radical (unpaired) electrons. The molecule has 1 aliphatic heterocycles. The highest BCUT2D eigenvalue weighted by Gasteiger charge is 2.35. The first kappa shape index (κ1) is 36.7. The third-order valence-corrected chi connectivity index (χ3v) is 8.11. The van der Waals surface area contributed by atoms with Crippen LogP contribution in [-0.2, 0) is 38.6 Å². The van der Waals surface area contributed by atoms with Gasteiger partial charge in [0.2, 0.25) is 5.91 Å². The van der Waals surface area contributed by atoms with E-state index in [9.17, 15) is 9.59 Å². The van der Waals surface area contributed by atoms with Crippen LogP contribution in [0.15, 0.2) is 72.8 Å². The Kier molecular flexibility index (Phi) is 14.1. The number of amides is 2. The summed E-state index contributed by atoms with van der Waals surface area (Å²) in [6.07, 6.45) is 1.38. The monoisotopic (exact) mass is 661 g/mol. The number of methoxy groups -OCH3 is 1. The maximum Gasteiger partial charge on any atom is 0.410 e. The van der Waals surface area contributed by atoms with Crippen LogP contribution in [0.3, 0.4) is 0 Å². The number of benzene rings is 3. The molecule has 10 heteroatoms. The molecule has 48 heavy (non-hydrogen) atoms. The molecule has 0 aliphatic carbocycles. The van der Waals surface area contributed by atoms with Gasteiger partial charge in [0.15, 0.2) is 0 Å². The van der Waals surface area contributed by atoms with Gasteiger partial charge in [-0.2, -0.15) is 0 Å². The van der Waals surface area contributed by atoms with Crippen LogP contribution >= 0.6 is 0 Å². The number of hydrogen-bond donors (Lipinski definition) is 2. The molecule has 260 valence electrons. The zero-order valence-electron chi connectivity index (χ0n) is 28.7. The van der Waals surface area contributed by atoms with Crippen LogP contribution in [0.1, 0.15) is 61.8 Å². The molecule has 0 bridgehead atoms. The van der Waals surface area contributed by atoms with E-state index in [1.807, 2.05) is 93.6 Å². The zero-order chi connectivity index (χ0) is 34.4. The van der Waals surface area contributed by atoms with Gasteiger partial charge in [-0.05, 0) is 75.0 Å². The van der Waals surface area contributed by atoms with Crippen molar-refractivity contribution in [2.24, 2.45) is 5.73 Å². The van der Waals surface area contributed by atoms with Crippen molar-refractivity contribution in [3.63, 3.8) is 0 Å². The van der Waals surface area contributed by atoms with Crippen molar-refractivity contribution in [2.45, 2.75) is 70.8 Å². The molecule has 1 aliphatic rings. The molecule has 1 saturated heterocycles. The highest BCUT2D eigenvalue weighted by molar-refractivity contribution is 5.77. The molecule has 1 heterocycles. The van der Waals surface area contributed by atoms with Crippen molar-refractivity contribution in [1.82, 2.24) is 10.2 Å². The van der Waals surface area contributed by atoms with E-state index in [1.54, 1.807) is 12.0 Å². The Labute approximate surface area is 284 Å². The molecule has 10 nitrogen and oxygen atoms in total. The molecule has 4 rings (SSSR count). The number of nitrogens with two attached hydrogens (primary N) is 1. The minimum Gasteiger partial charge on any atom is -0.496 e. The second-order valence-corrected chi connectivity index (χ2v) is 12.9. The van der Waals surface area contributed by atoms with E-state index in [0.717, 1.165) is 46.6 Å². The van der Waals surface area contributed by atoms with Crippen LogP contribution in [-0.4, -0.2) is 75.2 Å². The molecule has 3 aromatic rings. The lowest BCUT2D eigenvalue weighted by molar-refractivity contribution is -0.129. The van der Waals surface area contributed by atoms with E-state index in [1.165, 1.54) is 0 Å². The Morgan fingerprint density at radius 2 is 1.65 bits per heavy atom. The SMILES string of the molecule is COc1ccccc1COCCCOc1ccc(C2CCN(C(=O)OC(C)(C)C)CC2OCC(=O)NCc2ccccc2CCN)cc1. The summed E-state index contributed by atoms with van der Waals surface area (Å²) in [5, 5.41) is 2.97. The lowest BCUT2D eigenvalue weighted by Crippen LogP contribution is -2.49. The average Bonchev–Trinajstić information content (AvgIpc) is 3.08. The number of likely N-dealkylation sites (tertiary alicyclic amines) is 1. The summed E-state index contributed by atoms with van der Waals surface area (Å²) in [4.78, 5) is 27.5. The minimum absolute atomic E-state index is 0.0146. The van der Waals surface area contributed by atoms with Crippen molar-refractivity contribution in [3.8, 4) is 11.5 Å². The van der Waals surface area contributed by atoms with E-state index in [0.29, 0.717) is 52.4 Å². The van der Waals surface area contributed by atoms with E-state index in [2.05, 4.69) is 5.32 Å². The lowest BCUT2D eigenvalue weighted by atomic mass is 9.87. The highest BCUT2D eigenvalue weighted by atomic mass is 16.6. The summed E-state index contributed by atoms with van der Waals surface area (Å²) in [6, 6.07) is 23.7. The molecule has 0 saturated carbocycles. The van der Waals surface area contributed by atoms with Crippen LogP contribution < -0.4 is 20.5 Å². The maximum absolute atomic E-state index is 12.9. The van der Waals surface area contributed by atoms with Gasteiger partial charge < -0.3 is 39.6 Å². The van der Waals surface area contributed by atoms with E-state index in [4.69, 9.17) is 29.4 Å². The molecule has 2 atom stereocenters. The quantitative estimate of drug-likeness (QED) is 0.190. The van der Waals surface area contributed by atoms with Crippen LogP contribution in [0, 0.1) is 0 Å². The van der Waals surface area contributed by atoms with Crippen LogP contribution in [0.5, 0.6) is 11.5 Å². The molecule has 2 unspecified atom stereocenters. The van der Waals surface area contributed by atoms with Gasteiger partial charge >= 0.3 is 6.09 Å². The first-order chi connectivity index (χ1) is 23.2. The summed E-state index contributed by atoms with van der Waals surface area (Å²) >= 11 is 0. The van der Waals surface area contributed by atoms with Crippen molar-refractivity contribution in [1.29, 1.82) is 0 Å². The lowest BCUT2D eigenvalue weighted by Gasteiger charge is -2.39. The van der Waals surface area contributed by atoms with E-state index < -0.39 is 11.7 Å². The van der Waals surface area contributed by atoms with Gasteiger partial charge in [-0.25, -0.2) is 4.79 Å². The Balaban J connectivity index is 1.30. The Morgan fingerprint density at radius 3 is 2.35 bits per heavy atom. The van der Waals surface area contributed by atoms with Gasteiger partial charge in [-0.3, -0.25) is 4.79 Å². The second kappa shape index (κ2) is 18.4. The van der Waals surface area contributed by atoms with Gasteiger partial charge in [0, 0.05) is 31.0 Å². The third kappa shape index (κ3) is 11.5. The number of ether oxygens (including phenoxy) is 5. The number of piperidine rings is 1. The highest BCUT2D eigenvalue weighted by Crippen LogP contribution is 2.32. The molecular weight excluding hydrogens is 610 g/mol. The second-order valence-electron chi connectivity index (χ2n) is 12.9. The predicted molar refractivity (Wildman–Crippen MR) is 185 cm³/mol. The first-order valence-electron chi connectivity index (χ1n) is 16.7. The number of carbonyl (C=O) groups is 2. The summed E-state index contributed by atoms with van der Waals surface area (Å²) in [5.41, 5.74) is 9.37. The van der Waals surface area contributed by atoms with Crippen molar-refractivity contribution < 1.29 is 33.3 Å². The smallest absolute Gasteiger partial charge is 0.410 e. The van der Waals surface area contributed by atoms with E-state index in [-0.39, 0.29) is 24.5 Å². The Bertz CT molecular complexity index is 1440. The molecule has 3 aromatic carbocycles.